The van der Waals surface area contributed by atoms with Crippen LogP contribution in [-0.4, -0.2) is 15.9 Å². The summed E-state index contributed by atoms with van der Waals surface area (Å²) in [4.78, 5) is 19.0. The number of hydrogen-bond donors (Lipinski definition) is 2. The third-order valence-electron chi connectivity index (χ3n) is 2.15. The normalized spacial score (nSPS) is 10.3. The Balaban J connectivity index is 2.22. The van der Waals surface area contributed by atoms with E-state index in [1.165, 1.54) is 0 Å². The molecule has 1 aromatic carbocycles. The summed E-state index contributed by atoms with van der Waals surface area (Å²) in [6, 6.07) is 1.31. The van der Waals surface area contributed by atoms with Crippen LogP contribution in [0.15, 0.2) is 24.5 Å². The van der Waals surface area contributed by atoms with Crippen molar-refractivity contribution >= 4 is 17.4 Å². The molecule has 5 nitrogen and oxygen atoms in total. The van der Waals surface area contributed by atoms with Gasteiger partial charge in [0.15, 0.2) is 17.5 Å². The number of carbonyl (C=O) groups is 1. The van der Waals surface area contributed by atoms with Crippen molar-refractivity contribution < 1.29 is 18.0 Å². The predicted molar refractivity (Wildman–Crippen MR) is 60.7 cm³/mol. The molecule has 19 heavy (non-hydrogen) atoms. The molecule has 0 unspecified atom stereocenters. The van der Waals surface area contributed by atoms with E-state index in [-0.39, 0.29) is 17.2 Å². The van der Waals surface area contributed by atoms with Gasteiger partial charge in [-0.2, -0.15) is 0 Å². The zero-order valence-electron chi connectivity index (χ0n) is 9.32. The van der Waals surface area contributed by atoms with Gasteiger partial charge in [-0.25, -0.2) is 23.1 Å². The van der Waals surface area contributed by atoms with Crippen molar-refractivity contribution in [2.75, 3.05) is 11.1 Å². The van der Waals surface area contributed by atoms with E-state index >= 15 is 0 Å². The number of rotatable bonds is 2. The molecule has 1 heterocycles. The van der Waals surface area contributed by atoms with Crippen molar-refractivity contribution in [1.82, 2.24) is 9.97 Å². The second-order valence-electron chi connectivity index (χ2n) is 3.53. The van der Waals surface area contributed by atoms with Gasteiger partial charge in [0, 0.05) is 17.8 Å². The van der Waals surface area contributed by atoms with Gasteiger partial charge < -0.3 is 11.1 Å². The number of carbonyl (C=O) groups excluding carboxylic acids is 1. The zero-order valence-corrected chi connectivity index (χ0v) is 9.32. The number of aromatic nitrogens is 2. The Kier molecular flexibility index (Phi) is 3.32. The Labute approximate surface area is 105 Å². The van der Waals surface area contributed by atoms with Gasteiger partial charge in [-0.05, 0) is 0 Å². The molecule has 0 saturated carbocycles. The Bertz CT molecular complexity index is 607. The lowest BCUT2D eigenvalue weighted by Gasteiger charge is -2.05. The lowest BCUT2D eigenvalue weighted by atomic mass is 10.2. The van der Waals surface area contributed by atoms with Crippen LogP contribution in [0, 0.1) is 17.5 Å². The molecule has 1 aromatic heterocycles. The Morgan fingerprint density at radius 3 is 2.26 bits per heavy atom. The van der Waals surface area contributed by atoms with E-state index in [0.717, 1.165) is 12.4 Å². The third-order valence-corrected chi connectivity index (χ3v) is 2.15. The molecule has 0 aliphatic carbocycles. The van der Waals surface area contributed by atoms with E-state index < -0.39 is 23.4 Å². The van der Waals surface area contributed by atoms with Crippen LogP contribution in [0.5, 0.6) is 0 Å². The van der Waals surface area contributed by atoms with Crippen LogP contribution in [0.1, 0.15) is 10.5 Å². The van der Waals surface area contributed by atoms with E-state index in [9.17, 15) is 18.0 Å². The van der Waals surface area contributed by atoms with E-state index in [1.54, 1.807) is 0 Å². The number of nitrogens with zero attached hydrogens (tertiary/aromatic N) is 2. The first-order chi connectivity index (χ1) is 8.97. The summed E-state index contributed by atoms with van der Waals surface area (Å²) < 4.78 is 38.6. The Hall–Kier alpha value is -2.64. The molecule has 0 spiro atoms. The first kappa shape index (κ1) is 12.8. The number of amides is 1. The number of halogens is 3. The standard InChI is InChI=1S/C11H7F3N4O/c12-6-1-5(2-7(13)10(6)14)18-11(19)8-3-17-9(15)4-16-8/h1-4H,(H2,15,17)(H,18,19). The highest BCUT2D eigenvalue weighted by Gasteiger charge is 2.13. The molecule has 0 bridgehead atoms. The number of nitrogens with two attached hydrogens (primary N) is 1. The fourth-order valence-corrected chi connectivity index (χ4v) is 1.28. The smallest absolute Gasteiger partial charge is 0.275 e. The summed E-state index contributed by atoms with van der Waals surface area (Å²) in [6.07, 6.45) is 2.25. The lowest BCUT2D eigenvalue weighted by Crippen LogP contribution is -2.15. The first-order valence-corrected chi connectivity index (χ1v) is 5.01. The molecular formula is C11H7F3N4O. The maximum Gasteiger partial charge on any atom is 0.275 e. The van der Waals surface area contributed by atoms with Crippen LogP contribution >= 0.6 is 0 Å². The largest absolute Gasteiger partial charge is 0.382 e. The molecule has 3 N–H and O–H groups in total. The minimum Gasteiger partial charge on any atom is -0.382 e. The lowest BCUT2D eigenvalue weighted by molar-refractivity contribution is 0.102. The molecule has 2 aromatic rings. The molecule has 0 atom stereocenters. The van der Waals surface area contributed by atoms with Crippen molar-refractivity contribution in [3.05, 3.63) is 47.7 Å². The topological polar surface area (TPSA) is 80.9 Å². The van der Waals surface area contributed by atoms with Gasteiger partial charge >= 0.3 is 0 Å². The summed E-state index contributed by atoms with van der Waals surface area (Å²) in [5.41, 5.74) is 4.96. The average molecular weight is 268 g/mol. The molecule has 98 valence electrons. The molecule has 1 amide bonds. The second kappa shape index (κ2) is 4.92. The van der Waals surface area contributed by atoms with Gasteiger partial charge in [0.25, 0.3) is 5.91 Å². The third kappa shape index (κ3) is 2.79. The van der Waals surface area contributed by atoms with Crippen molar-refractivity contribution in [3.63, 3.8) is 0 Å². The van der Waals surface area contributed by atoms with E-state index in [2.05, 4.69) is 15.3 Å². The molecular weight excluding hydrogens is 261 g/mol. The van der Waals surface area contributed by atoms with Gasteiger partial charge in [0.05, 0.1) is 12.4 Å². The van der Waals surface area contributed by atoms with Gasteiger partial charge in [-0.1, -0.05) is 0 Å². The van der Waals surface area contributed by atoms with Gasteiger partial charge in [0.2, 0.25) is 0 Å². The number of benzene rings is 1. The molecule has 8 heteroatoms. The van der Waals surface area contributed by atoms with Crippen molar-refractivity contribution in [2.24, 2.45) is 0 Å². The molecule has 0 radical (unpaired) electrons. The van der Waals surface area contributed by atoms with Crippen molar-refractivity contribution in [3.8, 4) is 0 Å². The van der Waals surface area contributed by atoms with Crippen molar-refractivity contribution in [2.45, 2.75) is 0 Å². The van der Waals surface area contributed by atoms with Crippen LogP contribution in [0.2, 0.25) is 0 Å². The molecule has 2 rings (SSSR count). The van der Waals surface area contributed by atoms with Gasteiger partial charge in [0.1, 0.15) is 11.5 Å². The van der Waals surface area contributed by atoms with Crippen LogP contribution < -0.4 is 11.1 Å². The number of nitrogen functional groups attached to an aromatic ring is 1. The molecule has 0 aliphatic heterocycles. The first-order valence-electron chi connectivity index (χ1n) is 5.01. The zero-order chi connectivity index (χ0) is 14.0. The van der Waals surface area contributed by atoms with Gasteiger partial charge in [-0.15, -0.1) is 0 Å². The quantitative estimate of drug-likeness (QED) is 0.813. The summed E-state index contributed by atoms with van der Waals surface area (Å²) in [5.74, 6) is -5.05. The molecule has 0 aliphatic rings. The minimum atomic E-state index is -1.61. The maximum atomic E-state index is 12.9. The Morgan fingerprint density at radius 2 is 1.74 bits per heavy atom. The predicted octanol–water partition coefficient (Wildman–Crippen LogP) is 1.73. The van der Waals surface area contributed by atoms with E-state index in [4.69, 9.17) is 5.73 Å². The fraction of sp³-hybridized carbons (Fsp3) is 0. The summed E-state index contributed by atoms with van der Waals surface area (Å²) in [6.45, 7) is 0. The van der Waals surface area contributed by atoms with E-state index in [1.807, 2.05) is 0 Å². The second-order valence-corrected chi connectivity index (χ2v) is 3.53. The number of hydrogen-bond acceptors (Lipinski definition) is 4. The fourth-order valence-electron chi connectivity index (χ4n) is 1.28. The highest BCUT2D eigenvalue weighted by Crippen LogP contribution is 2.17. The maximum absolute atomic E-state index is 12.9. The van der Waals surface area contributed by atoms with Crippen LogP contribution in [0.4, 0.5) is 24.7 Å². The van der Waals surface area contributed by atoms with E-state index in [0.29, 0.717) is 12.1 Å². The number of nitrogens with one attached hydrogen (secondary N) is 1. The summed E-state index contributed by atoms with van der Waals surface area (Å²) in [7, 11) is 0. The summed E-state index contributed by atoms with van der Waals surface area (Å²) >= 11 is 0. The average Bonchev–Trinajstić information content (AvgIpc) is 2.36. The van der Waals surface area contributed by atoms with Crippen molar-refractivity contribution in [1.29, 1.82) is 0 Å². The Morgan fingerprint density at radius 1 is 1.11 bits per heavy atom. The number of anilines is 2. The highest BCUT2D eigenvalue weighted by molar-refractivity contribution is 6.02. The minimum absolute atomic E-state index is 0.0978. The van der Waals surface area contributed by atoms with Crippen LogP contribution in [0.25, 0.3) is 0 Å². The van der Waals surface area contributed by atoms with Crippen LogP contribution in [0.3, 0.4) is 0 Å². The van der Waals surface area contributed by atoms with Crippen LogP contribution in [-0.2, 0) is 0 Å². The molecule has 0 saturated heterocycles. The SMILES string of the molecule is Nc1cnc(C(=O)Nc2cc(F)c(F)c(F)c2)cn1. The molecule has 0 fully saturated rings. The monoisotopic (exact) mass is 268 g/mol. The van der Waals surface area contributed by atoms with Gasteiger partial charge in [-0.3, -0.25) is 4.79 Å². The summed E-state index contributed by atoms with van der Waals surface area (Å²) in [5, 5.41) is 2.16. The highest BCUT2D eigenvalue weighted by atomic mass is 19.2.